The zero-order valence-electron chi connectivity index (χ0n) is 18.8. The first-order valence-corrected chi connectivity index (χ1v) is 11.6. The average Bonchev–Trinajstić information content (AvgIpc) is 3.22. The van der Waals surface area contributed by atoms with Gasteiger partial charge in [-0.1, -0.05) is 13.8 Å². The zero-order valence-corrected chi connectivity index (χ0v) is 19.6. The molecule has 3 heterocycles. The number of sulfonamides is 1. The van der Waals surface area contributed by atoms with Crippen LogP contribution in [0.2, 0.25) is 0 Å². The van der Waals surface area contributed by atoms with E-state index in [1.165, 1.54) is 29.6 Å². The van der Waals surface area contributed by atoms with Gasteiger partial charge in [0.05, 0.1) is 10.6 Å². The minimum Gasteiger partial charge on any atom is -0.477 e. The Morgan fingerprint density at radius 2 is 1.81 bits per heavy atom. The number of aryl methyl sites for hydroxylation is 1. The third-order valence-corrected chi connectivity index (χ3v) is 7.58. The summed E-state index contributed by atoms with van der Waals surface area (Å²) >= 11 is 0. The highest BCUT2D eigenvalue weighted by Crippen LogP contribution is 2.46. The largest absolute Gasteiger partial charge is 0.477 e. The molecule has 0 aliphatic carbocycles. The molecule has 1 aromatic carbocycles. The van der Waals surface area contributed by atoms with E-state index in [1.807, 2.05) is 13.8 Å². The van der Waals surface area contributed by atoms with Gasteiger partial charge in [0.15, 0.2) is 11.9 Å². The fraction of sp³-hybridized carbons (Fsp3) is 0.364. The lowest BCUT2D eigenvalue weighted by Crippen LogP contribution is -2.46. The number of anilines is 1. The zero-order chi connectivity index (χ0) is 23.5. The molecule has 0 radical (unpaired) electrons. The smallest absolute Gasteiger partial charge is 0.274 e. The van der Waals surface area contributed by atoms with E-state index in [0.29, 0.717) is 33.5 Å². The van der Waals surface area contributed by atoms with Crippen molar-refractivity contribution in [1.82, 2.24) is 13.9 Å². The molecule has 2 aromatic heterocycles. The number of rotatable bonds is 4. The molecule has 0 bridgehead atoms. The minimum atomic E-state index is -3.81. The number of carbonyl (C=O) groups is 1. The molecular formula is C22H26N4O5S. The number of H-pyrrole nitrogens is 1. The first-order valence-electron chi connectivity index (χ1n) is 10.2. The van der Waals surface area contributed by atoms with Gasteiger partial charge < -0.3 is 19.2 Å². The number of aromatic nitrogens is 2. The van der Waals surface area contributed by atoms with Crippen molar-refractivity contribution in [2.45, 2.75) is 24.8 Å². The van der Waals surface area contributed by atoms with Crippen LogP contribution in [-0.2, 0) is 21.9 Å². The van der Waals surface area contributed by atoms with Crippen molar-refractivity contribution in [3.8, 4) is 16.9 Å². The molecular weight excluding hydrogens is 432 g/mol. The molecule has 0 fully saturated rings. The van der Waals surface area contributed by atoms with Gasteiger partial charge in [0.2, 0.25) is 10.0 Å². The summed E-state index contributed by atoms with van der Waals surface area (Å²) in [5, 5.41) is 0.638. The Labute approximate surface area is 186 Å². The summed E-state index contributed by atoms with van der Waals surface area (Å²) in [5.41, 5.74) is 1.68. The fourth-order valence-electron chi connectivity index (χ4n) is 3.91. The Morgan fingerprint density at radius 3 is 2.44 bits per heavy atom. The average molecular weight is 459 g/mol. The number of nitrogens with zero attached hydrogens (tertiary/aromatic N) is 3. The first kappa shape index (κ1) is 22.1. The quantitative estimate of drug-likeness (QED) is 0.645. The summed E-state index contributed by atoms with van der Waals surface area (Å²) in [6.45, 7) is 3.78. The van der Waals surface area contributed by atoms with Crippen LogP contribution >= 0.6 is 0 Å². The van der Waals surface area contributed by atoms with E-state index in [4.69, 9.17) is 4.74 Å². The maximum Gasteiger partial charge on any atom is 0.274 e. The topological polar surface area (TPSA) is 105 Å². The van der Waals surface area contributed by atoms with Crippen LogP contribution in [0.15, 0.2) is 40.3 Å². The number of likely N-dealkylation sites (N-methyl/N-ethyl adjacent to an activating group) is 1. The standard InChI is InChI=1S/C22H26N4O5S/c1-12(2)19-22(28)26(6)17-10-13(32(29,30)24(3)4)9-15(20(17)31-19)16-11-25(5)21(27)18-14(16)7-8-23-18/h7-12,19,23H,1-6H3. The molecule has 3 aromatic rings. The lowest BCUT2D eigenvalue weighted by molar-refractivity contribution is -0.127. The van der Waals surface area contributed by atoms with Crippen LogP contribution in [0, 0.1) is 5.92 Å². The van der Waals surface area contributed by atoms with E-state index in [2.05, 4.69) is 4.98 Å². The molecule has 9 nitrogen and oxygen atoms in total. The van der Waals surface area contributed by atoms with E-state index < -0.39 is 16.1 Å². The van der Waals surface area contributed by atoms with Gasteiger partial charge in [-0.3, -0.25) is 9.59 Å². The number of amides is 1. The first-order chi connectivity index (χ1) is 14.9. The van der Waals surface area contributed by atoms with Crippen LogP contribution in [0.5, 0.6) is 5.75 Å². The van der Waals surface area contributed by atoms with Crippen molar-refractivity contribution in [2.24, 2.45) is 13.0 Å². The van der Waals surface area contributed by atoms with Crippen molar-refractivity contribution in [1.29, 1.82) is 0 Å². The molecule has 1 unspecified atom stereocenters. The molecule has 10 heteroatoms. The molecule has 170 valence electrons. The van der Waals surface area contributed by atoms with Crippen molar-refractivity contribution in [3.05, 3.63) is 40.9 Å². The summed E-state index contributed by atoms with van der Waals surface area (Å²) in [5.74, 6) is 0.0679. The van der Waals surface area contributed by atoms with Gasteiger partial charge in [0.25, 0.3) is 11.5 Å². The maximum atomic E-state index is 13.0. The number of pyridine rings is 1. The van der Waals surface area contributed by atoms with Crippen LogP contribution in [0.3, 0.4) is 0 Å². The predicted molar refractivity (Wildman–Crippen MR) is 123 cm³/mol. The molecule has 0 spiro atoms. The second-order valence-electron chi connectivity index (χ2n) is 8.51. The molecule has 32 heavy (non-hydrogen) atoms. The number of ether oxygens (including phenoxy) is 1. The van der Waals surface area contributed by atoms with Crippen LogP contribution < -0.4 is 15.2 Å². The Bertz CT molecular complexity index is 1400. The summed E-state index contributed by atoms with van der Waals surface area (Å²) in [6, 6.07) is 4.77. The van der Waals surface area contributed by atoms with E-state index in [0.717, 1.165) is 4.31 Å². The molecule has 0 saturated carbocycles. The highest BCUT2D eigenvalue weighted by Gasteiger charge is 2.37. The fourth-order valence-corrected chi connectivity index (χ4v) is 4.86. The van der Waals surface area contributed by atoms with E-state index in [1.54, 1.807) is 38.6 Å². The summed E-state index contributed by atoms with van der Waals surface area (Å²) in [6.07, 6.45) is 2.61. The summed E-state index contributed by atoms with van der Waals surface area (Å²) < 4.78 is 34.8. The van der Waals surface area contributed by atoms with Crippen molar-refractivity contribution in [3.63, 3.8) is 0 Å². The van der Waals surface area contributed by atoms with Crippen LogP contribution in [0.1, 0.15) is 13.8 Å². The van der Waals surface area contributed by atoms with Gasteiger partial charge >= 0.3 is 0 Å². The number of hydrogen-bond donors (Lipinski definition) is 1. The van der Waals surface area contributed by atoms with Crippen LogP contribution in [-0.4, -0.2) is 55.4 Å². The van der Waals surface area contributed by atoms with E-state index >= 15 is 0 Å². The Balaban J connectivity index is 2.12. The number of benzene rings is 1. The SMILES string of the molecule is CC(C)C1Oc2c(-c3cn(C)c(=O)c4[nH]ccc34)cc(S(=O)(=O)N(C)C)cc2N(C)C1=O. The number of hydrogen-bond acceptors (Lipinski definition) is 5. The molecule has 4 rings (SSSR count). The molecule has 1 N–H and O–H groups in total. The minimum absolute atomic E-state index is 0.0278. The Kier molecular flexibility index (Phi) is 5.17. The third-order valence-electron chi connectivity index (χ3n) is 5.79. The molecule has 1 atom stereocenters. The Hall–Kier alpha value is -3.11. The van der Waals surface area contributed by atoms with Gasteiger partial charge in [0, 0.05) is 57.1 Å². The lowest BCUT2D eigenvalue weighted by atomic mass is 9.98. The summed E-state index contributed by atoms with van der Waals surface area (Å²) in [7, 11) is 2.34. The van der Waals surface area contributed by atoms with Gasteiger partial charge in [-0.2, -0.15) is 0 Å². The van der Waals surface area contributed by atoms with E-state index in [-0.39, 0.29) is 22.3 Å². The van der Waals surface area contributed by atoms with Crippen molar-refractivity contribution < 1.29 is 17.9 Å². The molecule has 1 aliphatic rings. The lowest BCUT2D eigenvalue weighted by Gasteiger charge is -2.35. The second-order valence-corrected chi connectivity index (χ2v) is 10.7. The highest BCUT2D eigenvalue weighted by atomic mass is 32.2. The van der Waals surface area contributed by atoms with Gasteiger partial charge in [-0.05, 0) is 24.1 Å². The monoisotopic (exact) mass is 458 g/mol. The number of nitrogens with one attached hydrogen (secondary N) is 1. The summed E-state index contributed by atoms with van der Waals surface area (Å²) in [4.78, 5) is 29.9. The predicted octanol–water partition coefficient (Wildman–Crippen LogP) is 2.16. The molecule has 0 saturated heterocycles. The molecule has 1 aliphatic heterocycles. The maximum absolute atomic E-state index is 13.0. The highest BCUT2D eigenvalue weighted by molar-refractivity contribution is 7.89. The number of carbonyl (C=O) groups excluding carboxylic acids is 1. The van der Waals surface area contributed by atoms with Crippen LogP contribution in [0.4, 0.5) is 5.69 Å². The Morgan fingerprint density at radius 1 is 1.12 bits per heavy atom. The van der Waals surface area contributed by atoms with Crippen molar-refractivity contribution >= 4 is 32.5 Å². The van der Waals surface area contributed by atoms with Crippen molar-refractivity contribution in [2.75, 3.05) is 26.0 Å². The van der Waals surface area contributed by atoms with Crippen LogP contribution in [0.25, 0.3) is 22.0 Å². The molecule has 1 amide bonds. The second kappa shape index (κ2) is 7.49. The number of fused-ring (bicyclic) bond motifs is 2. The third kappa shape index (κ3) is 3.21. The normalized spacial score (nSPS) is 16.7. The van der Waals surface area contributed by atoms with Gasteiger partial charge in [0.1, 0.15) is 5.52 Å². The van der Waals surface area contributed by atoms with Gasteiger partial charge in [-0.15, -0.1) is 0 Å². The number of aromatic amines is 1. The van der Waals surface area contributed by atoms with E-state index in [9.17, 15) is 18.0 Å². The van der Waals surface area contributed by atoms with Gasteiger partial charge in [-0.25, -0.2) is 12.7 Å².